The van der Waals surface area contributed by atoms with Gasteiger partial charge in [-0.1, -0.05) is 9.75 Å². The number of piperazine rings is 1. The van der Waals surface area contributed by atoms with Crippen LogP contribution in [-0.4, -0.2) is 60.2 Å². The Hall–Kier alpha value is -1.37. The molecule has 1 aliphatic heterocycles. The number of carbonyl (C=O) groups is 1. The third-order valence-corrected chi connectivity index (χ3v) is 2.94. The minimum atomic E-state index is -0.486. The number of carbonyl (C=O) groups excluding carboxylic acids is 1. The lowest BCUT2D eigenvalue weighted by Crippen LogP contribution is -2.55. The first-order chi connectivity index (χ1) is 9.28. The van der Waals surface area contributed by atoms with Gasteiger partial charge in [-0.15, -0.1) is 0 Å². The van der Waals surface area contributed by atoms with Crippen LogP contribution in [0.1, 0.15) is 27.7 Å². The second kappa shape index (κ2) is 6.88. The zero-order valence-corrected chi connectivity index (χ0v) is 13.4. The Morgan fingerprint density at radius 1 is 1.35 bits per heavy atom. The average Bonchev–Trinajstić information content (AvgIpc) is 2.34. The van der Waals surface area contributed by atoms with E-state index in [0.717, 1.165) is 0 Å². The largest absolute Gasteiger partial charge is 0.444 e. The normalized spacial score (nSPS) is 21.5. The minimum Gasteiger partial charge on any atom is -0.444 e. The van der Waals surface area contributed by atoms with Gasteiger partial charge in [-0.3, -0.25) is 4.99 Å². The molecule has 0 aromatic rings. The molecular weight excluding hydrogens is 282 g/mol. The first-order valence-electron chi connectivity index (χ1n) is 6.52. The van der Waals surface area contributed by atoms with Crippen molar-refractivity contribution in [2.75, 3.05) is 26.7 Å². The molecule has 114 valence electrons. The summed E-state index contributed by atoms with van der Waals surface area (Å²) in [5, 5.41) is 3.78. The summed E-state index contributed by atoms with van der Waals surface area (Å²) in [4.78, 5) is 19.7. The highest BCUT2D eigenvalue weighted by Crippen LogP contribution is 2.15. The average molecular weight is 304 g/mol. The molecule has 0 aromatic heterocycles. The molecule has 1 saturated heterocycles. The van der Waals surface area contributed by atoms with Crippen molar-refractivity contribution in [3.63, 3.8) is 0 Å². The zero-order valence-electron chi connectivity index (χ0n) is 12.6. The van der Waals surface area contributed by atoms with Crippen molar-refractivity contribution in [2.45, 2.75) is 39.3 Å². The fourth-order valence-electron chi connectivity index (χ4n) is 2.01. The molecule has 0 unspecified atom stereocenters. The molecule has 0 saturated carbocycles. The van der Waals surface area contributed by atoms with Gasteiger partial charge in [0.05, 0.1) is 11.8 Å². The van der Waals surface area contributed by atoms with E-state index in [1.807, 2.05) is 32.6 Å². The van der Waals surface area contributed by atoms with Gasteiger partial charge in [0.15, 0.2) is 0 Å². The summed E-state index contributed by atoms with van der Waals surface area (Å²) in [6.45, 7) is 9.27. The van der Waals surface area contributed by atoms with Crippen molar-refractivity contribution >= 4 is 23.8 Å². The number of hydrogen-bond acceptors (Lipinski definition) is 4. The van der Waals surface area contributed by atoms with E-state index in [1.54, 1.807) is 11.9 Å². The predicted molar refractivity (Wildman–Crippen MR) is 78.0 cm³/mol. The molecular formula is C12H22ClN5O2. The van der Waals surface area contributed by atoms with E-state index >= 15 is 0 Å². The van der Waals surface area contributed by atoms with Gasteiger partial charge in [-0.05, 0) is 27.7 Å². The molecule has 20 heavy (non-hydrogen) atoms. The number of rotatable bonds is 0. The van der Waals surface area contributed by atoms with Crippen molar-refractivity contribution < 1.29 is 9.53 Å². The Balaban J connectivity index is 2.66. The molecule has 0 bridgehead atoms. The Morgan fingerprint density at radius 2 is 2.00 bits per heavy atom. The van der Waals surface area contributed by atoms with Gasteiger partial charge < -0.3 is 14.5 Å². The second-order valence-corrected chi connectivity index (χ2v) is 5.82. The molecule has 1 amide bonds. The van der Waals surface area contributed by atoms with Crippen LogP contribution in [0, 0.1) is 0 Å². The zero-order chi connectivity index (χ0) is 15.3. The molecule has 0 spiro atoms. The maximum Gasteiger partial charge on any atom is 0.410 e. The number of hydrogen-bond donors (Lipinski definition) is 0. The SMILES string of the molecule is CN=C(N=NCl)N1CCN(C(=O)OC(C)(C)C)C[C@H]1C. The Kier molecular flexibility index (Phi) is 5.74. The molecule has 7 nitrogen and oxygen atoms in total. The van der Waals surface area contributed by atoms with E-state index in [4.69, 9.17) is 16.5 Å². The molecule has 1 atom stereocenters. The fourth-order valence-corrected chi connectivity index (χ4v) is 2.08. The Bertz CT molecular complexity index is 405. The lowest BCUT2D eigenvalue weighted by molar-refractivity contribution is 0.0132. The van der Waals surface area contributed by atoms with Gasteiger partial charge in [0.1, 0.15) is 5.60 Å². The number of amides is 1. The van der Waals surface area contributed by atoms with E-state index in [0.29, 0.717) is 25.6 Å². The molecule has 0 N–H and O–H groups in total. The lowest BCUT2D eigenvalue weighted by atomic mass is 10.2. The molecule has 0 radical (unpaired) electrons. The van der Waals surface area contributed by atoms with E-state index in [-0.39, 0.29) is 12.1 Å². The summed E-state index contributed by atoms with van der Waals surface area (Å²) >= 11 is 5.26. The van der Waals surface area contributed by atoms with Crippen molar-refractivity contribution in [1.29, 1.82) is 0 Å². The van der Waals surface area contributed by atoms with Crippen LogP contribution in [0.25, 0.3) is 0 Å². The lowest BCUT2D eigenvalue weighted by Gasteiger charge is -2.40. The highest BCUT2D eigenvalue weighted by Gasteiger charge is 2.31. The number of halogens is 1. The standard InChI is InChI=1S/C12H22ClN5O2/c1-9-8-17(11(19)20-12(2,3)4)6-7-18(9)10(14-5)15-16-13/h9H,6-8H2,1-5H3/t9-/m1/s1. The molecule has 0 aromatic carbocycles. The van der Waals surface area contributed by atoms with E-state index in [2.05, 4.69) is 14.7 Å². The first kappa shape index (κ1) is 16.7. The van der Waals surface area contributed by atoms with Gasteiger partial charge in [0, 0.05) is 32.7 Å². The van der Waals surface area contributed by atoms with E-state index in [1.165, 1.54) is 0 Å². The van der Waals surface area contributed by atoms with Gasteiger partial charge in [0.25, 0.3) is 0 Å². The molecule has 1 aliphatic rings. The number of nitrogens with zero attached hydrogens (tertiary/aromatic N) is 5. The molecule has 1 fully saturated rings. The number of aliphatic imine (C=N–C) groups is 1. The molecule has 1 heterocycles. The summed E-state index contributed by atoms with van der Waals surface area (Å²) in [5.41, 5.74) is -0.486. The van der Waals surface area contributed by atoms with Crippen LogP contribution in [0.5, 0.6) is 0 Å². The summed E-state index contributed by atoms with van der Waals surface area (Å²) < 4.78 is 8.61. The van der Waals surface area contributed by atoms with Crippen LogP contribution in [-0.2, 0) is 4.74 Å². The van der Waals surface area contributed by atoms with Gasteiger partial charge in [-0.2, -0.15) is 0 Å². The summed E-state index contributed by atoms with van der Waals surface area (Å²) in [7, 11) is 1.63. The number of guanidine groups is 1. The molecule has 8 heteroatoms. The van der Waals surface area contributed by atoms with Crippen LogP contribution in [0.4, 0.5) is 4.79 Å². The number of ether oxygens (including phenoxy) is 1. The van der Waals surface area contributed by atoms with Crippen LogP contribution < -0.4 is 0 Å². The minimum absolute atomic E-state index is 0.0668. The van der Waals surface area contributed by atoms with Crippen molar-refractivity contribution in [3.05, 3.63) is 0 Å². The predicted octanol–water partition coefficient (Wildman–Crippen LogP) is 2.52. The van der Waals surface area contributed by atoms with E-state index < -0.39 is 5.60 Å². The maximum absolute atomic E-state index is 12.0. The summed E-state index contributed by atoms with van der Waals surface area (Å²) in [6.07, 6.45) is -0.294. The highest BCUT2D eigenvalue weighted by molar-refractivity contribution is 6.14. The molecule has 0 aliphatic carbocycles. The van der Waals surface area contributed by atoms with E-state index in [9.17, 15) is 4.79 Å². The third-order valence-electron chi connectivity index (χ3n) is 2.86. The van der Waals surface area contributed by atoms with Crippen molar-refractivity contribution in [3.8, 4) is 0 Å². The van der Waals surface area contributed by atoms with Crippen LogP contribution in [0.15, 0.2) is 14.7 Å². The van der Waals surface area contributed by atoms with Crippen LogP contribution in [0.2, 0.25) is 0 Å². The maximum atomic E-state index is 12.0. The second-order valence-electron chi connectivity index (χ2n) is 5.67. The van der Waals surface area contributed by atoms with Crippen molar-refractivity contribution in [2.24, 2.45) is 14.7 Å². The first-order valence-corrected chi connectivity index (χ1v) is 6.85. The molecule has 1 rings (SSSR count). The fraction of sp³-hybridized carbons (Fsp3) is 0.833. The third kappa shape index (κ3) is 4.63. The van der Waals surface area contributed by atoms with Crippen LogP contribution in [0.3, 0.4) is 0 Å². The summed E-state index contributed by atoms with van der Waals surface area (Å²) in [5.74, 6) is 0.469. The van der Waals surface area contributed by atoms with Crippen molar-refractivity contribution in [1.82, 2.24) is 9.80 Å². The van der Waals surface area contributed by atoms with Crippen LogP contribution >= 0.6 is 11.8 Å². The monoisotopic (exact) mass is 303 g/mol. The van der Waals surface area contributed by atoms with Gasteiger partial charge in [0.2, 0.25) is 5.96 Å². The smallest absolute Gasteiger partial charge is 0.410 e. The quantitative estimate of drug-likeness (QED) is 0.392. The Labute approximate surface area is 124 Å². The Morgan fingerprint density at radius 3 is 2.45 bits per heavy atom. The highest BCUT2D eigenvalue weighted by atomic mass is 35.5. The van der Waals surface area contributed by atoms with Gasteiger partial charge in [-0.25, -0.2) is 4.79 Å². The summed E-state index contributed by atoms with van der Waals surface area (Å²) in [6, 6.07) is 0.0668. The topological polar surface area (TPSA) is 69.9 Å². The van der Waals surface area contributed by atoms with Gasteiger partial charge >= 0.3 is 6.09 Å².